The Morgan fingerprint density at radius 1 is 1.13 bits per heavy atom. The predicted molar refractivity (Wildman–Crippen MR) is 172 cm³/mol. The third-order valence-electron chi connectivity index (χ3n) is 10.0. The summed E-state index contributed by atoms with van der Waals surface area (Å²) in [6.07, 6.45) is 5.54. The molecule has 0 saturated carbocycles. The molecule has 2 amide bonds. The van der Waals surface area contributed by atoms with Gasteiger partial charge >= 0.3 is 0 Å². The Kier molecular flexibility index (Phi) is 7.36. The summed E-state index contributed by atoms with van der Waals surface area (Å²) in [5.74, 6) is 1.22. The highest BCUT2D eigenvalue weighted by atomic mass is 16.5. The van der Waals surface area contributed by atoms with Crippen molar-refractivity contribution in [2.24, 2.45) is 12.8 Å². The van der Waals surface area contributed by atoms with Crippen LogP contribution in [0.5, 0.6) is 5.75 Å². The molecule has 0 radical (unpaired) electrons. The minimum Gasteiger partial charge on any atom is -0.494 e. The Labute approximate surface area is 263 Å². The molecule has 3 N–H and O–H groups in total. The number of nitrogens with zero attached hydrogens (tertiary/aromatic N) is 5. The maximum Gasteiger partial charge on any atom is 0.254 e. The van der Waals surface area contributed by atoms with E-state index >= 15 is 0 Å². The number of hydrogen-bond donors (Lipinski definition) is 2. The van der Waals surface area contributed by atoms with Crippen LogP contribution in [0.2, 0.25) is 0 Å². The van der Waals surface area contributed by atoms with Crippen molar-refractivity contribution in [3.05, 3.63) is 41.6 Å². The van der Waals surface area contributed by atoms with Crippen molar-refractivity contribution in [1.82, 2.24) is 29.3 Å². The van der Waals surface area contributed by atoms with Gasteiger partial charge in [-0.2, -0.15) is 0 Å². The van der Waals surface area contributed by atoms with Crippen LogP contribution in [0.4, 0.5) is 0 Å². The monoisotopic (exact) mass is 613 g/mol. The number of aromatic nitrogens is 4. The second-order valence-corrected chi connectivity index (χ2v) is 13.4. The highest BCUT2D eigenvalue weighted by Crippen LogP contribution is 2.40. The molecule has 0 aliphatic carbocycles. The number of fused-ring (bicyclic) bond motifs is 4. The van der Waals surface area contributed by atoms with Crippen LogP contribution >= 0.6 is 0 Å². The van der Waals surface area contributed by atoms with E-state index in [1.54, 1.807) is 7.11 Å². The second kappa shape index (κ2) is 11.1. The van der Waals surface area contributed by atoms with Crippen molar-refractivity contribution in [3.63, 3.8) is 0 Å². The molecule has 45 heavy (non-hydrogen) atoms. The van der Waals surface area contributed by atoms with E-state index in [0.29, 0.717) is 23.4 Å². The number of benzene rings is 1. The summed E-state index contributed by atoms with van der Waals surface area (Å²) in [7, 11) is 3.62. The summed E-state index contributed by atoms with van der Waals surface area (Å²) < 4.78 is 16.1. The van der Waals surface area contributed by atoms with E-state index in [4.69, 9.17) is 25.2 Å². The molecule has 0 unspecified atom stereocenters. The fourth-order valence-corrected chi connectivity index (χ4v) is 7.50. The summed E-state index contributed by atoms with van der Waals surface area (Å²) in [5.41, 5.74) is 10.1. The first-order chi connectivity index (χ1) is 21.6. The number of hydrogen-bond acceptors (Lipinski definition) is 7. The molecule has 1 aromatic carbocycles. The molecular formula is C34H43N7O4. The number of methoxy groups -OCH3 is 1. The maximum absolute atomic E-state index is 13.8. The molecule has 3 aliphatic rings. The van der Waals surface area contributed by atoms with Crippen LogP contribution in [-0.2, 0) is 23.1 Å². The lowest BCUT2D eigenvalue weighted by Crippen LogP contribution is -2.45. The number of carbonyl (C=O) groups excluding carboxylic acids is 2. The third-order valence-corrected chi connectivity index (χ3v) is 10.0. The van der Waals surface area contributed by atoms with Gasteiger partial charge in [-0.1, -0.05) is 0 Å². The molecule has 11 heteroatoms. The Hall–Kier alpha value is -3.96. The highest BCUT2D eigenvalue weighted by molar-refractivity contribution is 6.00. The third kappa shape index (κ3) is 4.96. The lowest BCUT2D eigenvalue weighted by molar-refractivity contribution is -0.143. The average Bonchev–Trinajstić information content (AvgIpc) is 3.77. The van der Waals surface area contributed by atoms with Gasteiger partial charge in [0.25, 0.3) is 11.8 Å². The van der Waals surface area contributed by atoms with E-state index in [-0.39, 0.29) is 36.0 Å². The number of aryl methyl sites for hydroxylation is 2. The fraction of sp³-hybridized carbons (Fsp3) is 0.529. The molecule has 4 atom stereocenters. The fourth-order valence-electron chi connectivity index (χ4n) is 7.50. The van der Waals surface area contributed by atoms with E-state index < -0.39 is 5.60 Å². The number of pyridine rings is 1. The number of carbonyl (C=O) groups is 2. The number of amides is 2. The lowest BCUT2D eigenvalue weighted by Gasteiger charge is -2.26. The summed E-state index contributed by atoms with van der Waals surface area (Å²) in [5, 5.41) is 4.08. The molecule has 3 aliphatic heterocycles. The second-order valence-electron chi connectivity index (χ2n) is 13.4. The van der Waals surface area contributed by atoms with E-state index in [9.17, 15) is 9.59 Å². The Bertz CT molecular complexity index is 1810. The number of rotatable bonds is 3. The van der Waals surface area contributed by atoms with Crippen LogP contribution < -0.4 is 15.8 Å². The maximum atomic E-state index is 13.8. The molecule has 11 nitrogen and oxygen atoms in total. The quantitative estimate of drug-likeness (QED) is 0.349. The minimum atomic E-state index is -0.914. The zero-order valence-electron chi connectivity index (χ0n) is 26.8. The number of nitrogens with two attached hydrogens (primary N) is 1. The van der Waals surface area contributed by atoms with E-state index in [1.165, 1.54) is 0 Å². The van der Waals surface area contributed by atoms with Gasteiger partial charge in [0, 0.05) is 49.3 Å². The summed E-state index contributed by atoms with van der Waals surface area (Å²) >= 11 is 0. The molecule has 2 fully saturated rings. The first-order valence-electron chi connectivity index (χ1n) is 16.2. The molecule has 6 heterocycles. The zero-order valence-corrected chi connectivity index (χ0v) is 26.8. The zero-order chi connectivity index (χ0) is 31.6. The van der Waals surface area contributed by atoms with Gasteiger partial charge < -0.3 is 34.6 Å². The van der Waals surface area contributed by atoms with Gasteiger partial charge in [0.05, 0.1) is 30.1 Å². The van der Waals surface area contributed by atoms with E-state index in [2.05, 4.69) is 22.0 Å². The largest absolute Gasteiger partial charge is 0.494 e. The number of ether oxygens (including phenoxy) is 2. The van der Waals surface area contributed by atoms with Gasteiger partial charge in [0.1, 0.15) is 22.5 Å². The van der Waals surface area contributed by atoms with Crippen LogP contribution in [0.15, 0.2) is 30.3 Å². The van der Waals surface area contributed by atoms with Crippen molar-refractivity contribution in [2.45, 2.75) is 95.6 Å². The summed E-state index contributed by atoms with van der Waals surface area (Å²) in [6.45, 7) is 6.83. The molecule has 4 aromatic rings. The van der Waals surface area contributed by atoms with Crippen LogP contribution in [0, 0.1) is 0 Å². The van der Waals surface area contributed by atoms with Crippen LogP contribution in [0.1, 0.15) is 81.4 Å². The Morgan fingerprint density at radius 2 is 1.96 bits per heavy atom. The first kappa shape index (κ1) is 29.7. The minimum absolute atomic E-state index is 0.00423. The first-order valence-corrected chi connectivity index (χ1v) is 16.2. The molecule has 238 valence electrons. The molecular weight excluding hydrogens is 570 g/mol. The summed E-state index contributed by atoms with van der Waals surface area (Å²) in [6, 6.07) is 9.93. The van der Waals surface area contributed by atoms with Crippen LogP contribution in [0.3, 0.4) is 0 Å². The Balaban J connectivity index is 1.31. The van der Waals surface area contributed by atoms with Gasteiger partial charge in [-0.15, -0.1) is 0 Å². The number of imidazole rings is 1. The molecule has 3 aromatic heterocycles. The predicted octanol–water partition coefficient (Wildman–Crippen LogP) is 4.46. The smallest absolute Gasteiger partial charge is 0.254 e. The molecule has 4 bridgehead atoms. The van der Waals surface area contributed by atoms with Crippen LogP contribution in [0.25, 0.3) is 33.6 Å². The van der Waals surface area contributed by atoms with Crippen molar-refractivity contribution < 1.29 is 19.1 Å². The molecule has 7 rings (SSSR count). The molecule has 0 spiro atoms. The van der Waals surface area contributed by atoms with Crippen molar-refractivity contribution in [1.29, 1.82) is 0 Å². The van der Waals surface area contributed by atoms with Gasteiger partial charge in [-0.3, -0.25) is 9.59 Å². The summed E-state index contributed by atoms with van der Waals surface area (Å²) in [4.78, 5) is 39.0. The molecule has 2 saturated heterocycles. The SMILES string of the molecule is COc1cc(C(=O)N2[C@H]3CC[C@@H]2[C@H](N)C3)cc2nc(-c3cc4ccc5nc4n3CCCCCOC(C)(C)C(=O)N[C@@H]5C)n(C)c12. The van der Waals surface area contributed by atoms with Gasteiger partial charge in [0.2, 0.25) is 0 Å². The topological polar surface area (TPSA) is 130 Å². The van der Waals surface area contributed by atoms with Gasteiger partial charge in [-0.25, -0.2) is 9.97 Å². The van der Waals surface area contributed by atoms with Crippen LogP contribution in [-0.4, -0.2) is 73.3 Å². The standard InChI is InChI=1S/C34H43N7O4/c1-19-24-11-9-20-16-27(40(30(20)37-24)13-7-6-8-14-45-34(2,3)33(43)36-19)31-38-25-15-21(17-28(44-5)29(25)39(31)4)32(42)41-22-10-12-26(41)23(35)18-22/h9,11,15-17,19,22-23,26H,6-8,10,12-14,18,35H2,1-5H3,(H,36,43)/t19-,22+,23-,26-/m1/s1. The van der Waals surface area contributed by atoms with Crippen molar-refractivity contribution in [2.75, 3.05) is 13.7 Å². The average molecular weight is 614 g/mol. The van der Waals surface area contributed by atoms with Gasteiger partial charge in [-0.05, 0) is 89.6 Å². The highest BCUT2D eigenvalue weighted by Gasteiger charge is 2.47. The van der Waals surface area contributed by atoms with Gasteiger partial charge in [0.15, 0.2) is 5.82 Å². The van der Waals surface area contributed by atoms with Crippen molar-refractivity contribution in [3.8, 4) is 17.3 Å². The normalized spacial score (nSPS) is 25.2. The van der Waals surface area contributed by atoms with E-state index in [0.717, 1.165) is 78.8 Å². The number of nitrogens with one attached hydrogen (secondary N) is 1. The Morgan fingerprint density at radius 3 is 2.69 bits per heavy atom. The van der Waals surface area contributed by atoms with Crippen molar-refractivity contribution >= 4 is 33.9 Å². The van der Waals surface area contributed by atoms with E-state index in [1.807, 2.05) is 55.5 Å². The lowest BCUT2D eigenvalue weighted by atomic mass is 9.97.